The highest BCUT2D eigenvalue weighted by Crippen LogP contribution is 2.28. The molecule has 1 amide bonds. The summed E-state index contributed by atoms with van der Waals surface area (Å²) < 4.78 is 1.95. The summed E-state index contributed by atoms with van der Waals surface area (Å²) in [5.74, 6) is 0.718. The smallest absolute Gasteiger partial charge is 0.252 e. The largest absolute Gasteiger partial charge is 0.349 e. The number of benzene rings is 1. The molecule has 1 aromatic rings. The Morgan fingerprint density at radius 3 is 2.75 bits per heavy atom. The second kappa shape index (κ2) is 7.78. The molecule has 0 aliphatic heterocycles. The fraction of sp³-hybridized carbons (Fsp3) is 0.562. The van der Waals surface area contributed by atoms with Crippen LogP contribution >= 0.6 is 38.5 Å². The fourth-order valence-electron chi connectivity index (χ4n) is 3.01. The minimum atomic E-state index is 0.0631. The van der Waals surface area contributed by atoms with E-state index >= 15 is 0 Å². The molecule has 1 fully saturated rings. The van der Waals surface area contributed by atoms with Gasteiger partial charge in [0.2, 0.25) is 0 Å². The van der Waals surface area contributed by atoms with Crippen LogP contribution in [-0.2, 0) is 0 Å². The molecule has 0 heterocycles. The van der Waals surface area contributed by atoms with E-state index in [2.05, 4.69) is 50.8 Å². The predicted molar refractivity (Wildman–Crippen MR) is 95.0 cm³/mol. The second-order valence-electron chi connectivity index (χ2n) is 5.51. The average Bonchev–Trinajstić information content (AvgIpc) is 2.48. The lowest BCUT2D eigenvalue weighted by molar-refractivity contribution is 0.0910. The Bertz CT molecular complexity index is 472. The first-order valence-corrected chi connectivity index (χ1v) is 9.25. The first-order chi connectivity index (χ1) is 9.61. The molecule has 0 radical (unpaired) electrons. The maximum absolute atomic E-state index is 12.5. The summed E-state index contributed by atoms with van der Waals surface area (Å²) >= 11 is 5.67. The van der Waals surface area contributed by atoms with Crippen LogP contribution in [0.25, 0.3) is 0 Å². The lowest BCUT2D eigenvalue weighted by Gasteiger charge is -2.30. The van der Waals surface area contributed by atoms with Gasteiger partial charge < -0.3 is 5.32 Å². The molecule has 1 aromatic carbocycles. The highest BCUT2D eigenvalue weighted by molar-refractivity contribution is 14.1. The van der Waals surface area contributed by atoms with Crippen LogP contribution in [0.1, 0.15) is 55.8 Å². The SMILES string of the molecule is CCC(NC(=O)c1cc(Br)ccc1I)C1CCCCC1. The number of halogens is 2. The van der Waals surface area contributed by atoms with E-state index in [4.69, 9.17) is 0 Å². The summed E-state index contributed by atoms with van der Waals surface area (Å²) in [4.78, 5) is 12.5. The minimum absolute atomic E-state index is 0.0631. The molecule has 1 aliphatic carbocycles. The molecule has 0 aromatic heterocycles. The van der Waals surface area contributed by atoms with Crippen LogP contribution < -0.4 is 5.32 Å². The molecule has 20 heavy (non-hydrogen) atoms. The third-order valence-corrected chi connectivity index (χ3v) is 5.58. The number of amides is 1. The molecular formula is C16H21BrINO. The van der Waals surface area contributed by atoms with Crippen LogP contribution in [0.4, 0.5) is 0 Å². The van der Waals surface area contributed by atoms with Crippen LogP contribution in [0.2, 0.25) is 0 Å². The summed E-state index contributed by atoms with van der Waals surface area (Å²) in [7, 11) is 0. The normalized spacial score (nSPS) is 17.8. The predicted octanol–water partition coefficient (Wildman–Crippen LogP) is 5.14. The van der Waals surface area contributed by atoms with Crippen molar-refractivity contribution in [1.29, 1.82) is 0 Å². The molecule has 0 spiro atoms. The lowest BCUT2D eigenvalue weighted by atomic mass is 9.83. The van der Waals surface area contributed by atoms with E-state index in [0.717, 1.165) is 20.0 Å². The number of nitrogens with one attached hydrogen (secondary N) is 1. The van der Waals surface area contributed by atoms with E-state index in [1.165, 1.54) is 32.1 Å². The number of carbonyl (C=O) groups excluding carboxylic acids is 1. The van der Waals surface area contributed by atoms with Gasteiger partial charge in [0.05, 0.1) is 5.56 Å². The molecule has 4 heteroatoms. The first-order valence-electron chi connectivity index (χ1n) is 7.37. The highest BCUT2D eigenvalue weighted by atomic mass is 127. The number of rotatable bonds is 4. The van der Waals surface area contributed by atoms with E-state index in [0.29, 0.717) is 12.0 Å². The van der Waals surface area contributed by atoms with Gasteiger partial charge in [-0.2, -0.15) is 0 Å². The van der Waals surface area contributed by atoms with Crippen LogP contribution in [0, 0.1) is 9.49 Å². The summed E-state index contributed by atoms with van der Waals surface area (Å²) in [5, 5.41) is 3.26. The Morgan fingerprint density at radius 1 is 1.40 bits per heavy atom. The van der Waals surface area contributed by atoms with Crippen molar-refractivity contribution < 1.29 is 4.79 Å². The zero-order chi connectivity index (χ0) is 14.5. The van der Waals surface area contributed by atoms with Crippen LogP contribution in [0.3, 0.4) is 0 Å². The maximum Gasteiger partial charge on any atom is 0.252 e. The van der Waals surface area contributed by atoms with Crippen molar-refractivity contribution in [2.45, 2.75) is 51.5 Å². The molecule has 2 rings (SSSR count). The van der Waals surface area contributed by atoms with Crippen LogP contribution in [0.15, 0.2) is 22.7 Å². The van der Waals surface area contributed by atoms with E-state index in [1.807, 2.05) is 18.2 Å². The van der Waals surface area contributed by atoms with Crippen LogP contribution in [-0.4, -0.2) is 11.9 Å². The van der Waals surface area contributed by atoms with E-state index < -0.39 is 0 Å². The van der Waals surface area contributed by atoms with E-state index in [1.54, 1.807) is 0 Å². The van der Waals surface area contributed by atoms with Gasteiger partial charge in [-0.25, -0.2) is 0 Å². The molecule has 1 aliphatic rings. The van der Waals surface area contributed by atoms with Gasteiger partial charge in [-0.15, -0.1) is 0 Å². The monoisotopic (exact) mass is 449 g/mol. The molecule has 0 bridgehead atoms. The maximum atomic E-state index is 12.5. The van der Waals surface area contributed by atoms with Crippen molar-refractivity contribution in [1.82, 2.24) is 5.32 Å². The number of carbonyl (C=O) groups is 1. The minimum Gasteiger partial charge on any atom is -0.349 e. The first kappa shape index (κ1) is 16.3. The molecule has 2 nitrogen and oxygen atoms in total. The molecule has 110 valence electrons. The molecule has 1 N–H and O–H groups in total. The van der Waals surface area contributed by atoms with Gasteiger partial charge in [-0.3, -0.25) is 4.79 Å². The van der Waals surface area contributed by atoms with Crippen molar-refractivity contribution in [3.63, 3.8) is 0 Å². The Morgan fingerprint density at radius 2 is 2.10 bits per heavy atom. The molecule has 1 unspecified atom stereocenters. The van der Waals surface area contributed by atoms with Gasteiger partial charge in [-0.1, -0.05) is 42.1 Å². The fourth-order valence-corrected chi connectivity index (χ4v) is 3.95. The lowest BCUT2D eigenvalue weighted by Crippen LogP contribution is -2.40. The van der Waals surface area contributed by atoms with Gasteiger partial charge in [0.15, 0.2) is 0 Å². The van der Waals surface area contributed by atoms with Crippen molar-refractivity contribution in [2.24, 2.45) is 5.92 Å². The third kappa shape index (κ3) is 4.20. The summed E-state index contributed by atoms with van der Waals surface area (Å²) in [5.41, 5.74) is 0.772. The van der Waals surface area contributed by atoms with Gasteiger partial charge in [0, 0.05) is 14.1 Å². The Kier molecular flexibility index (Phi) is 6.33. The molecule has 0 saturated heterocycles. The number of hydrogen-bond acceptors (Lipinski definition) is 1. The third-order valence-electron chi connectivity index (χ3n) is 4.15. The summed E-state index contributed by atoms with van der Waals surface area (Å²) in [6.45, 7) is 2.17. The van der Waals surface area contributed by atoms with E-state index in [9.17, 15) is 4.79 Å². The Hall–Kier alpha value is -0.100. The van der Waals surface area contributed by atoms with Gasteiger partial charge >= 0.3 is 0 Å². The average molecular weight is 450 g/mol. The van der Waals surface area contributed by atoms with Crippen LogP contribution in [0.5, 0.6) is 0 Å². The van der Waals surface area contributed by atoms with Gasteiger partial charge in [0.1, 0.15) is 0 Å². The van der Waals surface area contributed by atoms with Gasteiger partial charge in [-0.05, 0) is 66.0 Å². The quantitative estimate of drug-likeness (QED) is 0.633. The summed E-state index contributed by atoms with van der Waals surface area (Å²) in [6, 6.07) is 6.17. The Balaban J connectivity index is 2.06. The van der Waals surface area contributed by atoms with E-state index in [-0.39, 0.29) is 5.91 Å². The zero-order valence-electron chi connectivity index (χ0n) is 11.8. The zero-order valence-corrected chi connectivity index (χ0v) is 15.5. The highest BCUT2D eigenvalue weighted by Gasteiger charge is 2.24. The standard InChI is InChI=1S/C16H21BrINO/c1-2-15(11-6-4-3-5-7-11)19-16(20)13-10-12(17)8-9-14(13)18/h8-11,15H,2-7H2,1H3,(H,19,20). The van der Waals surface area contributed by atoms with Crippen molar-refractivity contribution in [3.8, 4) is 0 Å². The number of hydrogen-bond donors (Lipinski definition) is 1. The Labute approximate surface area is 143 Å². The second-order valence-corrected chi connectivity index (χ2v) is 7.59. The van der Waals surface area contributed by atoms with Gasteiger partial charge in [0.25, 0.3) is 5.91 Å². The van der Waals surface area contributed by atoms with Crippen molar-refractivity contribution in [2.75, 3.05) is 0 Å². The molecular weight excluding hydrogens is 429 g/mol. The summed E-state index contributed by atoms with van der Waals surface area (Å²) in [6.07, 6.45) is 7.50. The van der Waals surface area contributed by atoms with Crippen molar-refractivity contribution >= 4 is 44.4 Å². The van der Waals surface area contributed by atoms with Crippen molar-refractivity contribution in [3.05, 3.63) is 31.8 Å². The molecule has 1 atom stereocenters. The topological polar surface area (TPSA) is 29.1 Å². The molecule has 1 saturated carbocycles.